The maximum absolute atomic E-state index is 11.4. The van der Waals surface area contributed by atoms with Crippen LogP contribution in [0.3, 0.4) is 0 Å². The van der Waals surface area contributed by atoms with E-state index in [9.17, 15) is 29.7 Å². The van der Waals surface area contributed by atoms with Crippen LogP contribution >= 0.6 is 0 Å². The quantitative estimate of drug-likeness (QED) is 0.303. The third kappa shape index (κ3) is 2.95. The molecule has 0 spiro atoms. The molecule has 0 fully saturated rings. The molecule has 0 radical (unpaired) electrons. The van der Waals surface area contributed by atoms with Crippen LogP contribution in [0, 0.1) is 0 Å². The van der Waals surface area contributed by atoms with Crippen molar-refractivity contribution in [3.63, 3.8) is 0 Å². The Hall–Kier alpha value is -1.15. The highest BCUT2D eigenvalue weighted by Crippen LogP contribution is 2.19. The highest BCUT2D eigenvalue weighted by molar-refractivity contribution is 6.44. The summed E-state index contributed by atoms with van der Waals surface area (Å²) in [5.41, 5.74) is -3.04. The number of carbonyl (C=O) groups excluding carboxylic acids is 3. The predicted octanol–water partition coefficient (Wildman–Crippen LogP) is -2.43. The summed E-state index contributed by atoms with van der Waals surface area (Å²) in [7, 11) is 0. The van der Waals surface area contributed by atoms with E-state index in [0.29, 0.717) is 0 Å². The van der Waals surface area contributed by atoms with Gasteiger partial charge in [0.15, 0.2) is 11.6 Å². The summed E-state index contributed by atoms with van der Waals surface area (Å²) in [6, 6.07) is 0. The maximum atomic E-state index is 11.4. The first-order valence-corrected chi connectivity index (χ1v) is 4.89. The van der Waals surface area contributed by atoms with Gasteiger partial charge in [-0.25, -0.2) is 0 Å². The molecular formula is C10H16O7. The molecule has 0 aromatic rings. The van der Waals surface area contributed by atoms with E-state index in [1.807, 2.05) is 0 Å². The van der Waals surface area contributed by atoms with E-state index in [1.165, 1.54) is 0 Å². The minimum atomic E-state index is -3.04. The van der Waals surface area contributed by atoms with Gasteiger partial charge in [-0.1, -0.05) is 0 Å². The SMILES string of the molecule is CC(=O)C(=O)[C@@](O)(C(C)=O)[C@@H](O)[C@@H](O)[C@@H](C)O. The van der Waals surface area contributed by atoms with Crippen LogP contribution in [0.5, 0.6) is 0 Å². The third-order valence-corrected chi connectivity index (χ3v) is 2.45. The topological polar surface area (TPSA) is 132 Å². The number of ketones is 3. The Labute approximate surface area is 97.7 Å². The van der Waals surface area contributed by atoms with Crippen molar-refractivity contribution in [2.24, 2.45) is 0 Å². The van der Waals surface area contributed by atoms with Gasteiger partial charge >= 0.3 is 0 Å². The standard InChI is InChI=1S/C10H16O7/c1-4(11)7(14)9(16)10(17,6(3)13)8(15)5(2)12/h4,7,9,11,14,16-17H,1-3H3/t4-,7+,9+,10+/m1/s1. The minimum absolute atomic E-state index is 0.790. The number of hydrogen-bond acceptors (Lipinski definition) is 7. The van der Waals surface area contributed by atoms with Crippen LogP contribution in [0.1, 0.15) is 20.8 Å². The molecule has 0 rings (SSSR count). The van der Waals surface area contributed by atoms with E-state index < -0.39 is 41.3 Å². The molecule has 7 heteroatoms. The summed E-state index contributed by atoms with van der Waals surface area (Å²) in [4.78, 5) is 33.5. The van der Waals surface area contributed by atoms with Crippen molar-refractivity contribution in [3.8, 4) is 0 Å². The van der Waals surface area contributed by atoms with Crippen LogP contribution in [0.15, 0.2) is 0 Å². The molecule has 98 valence electrons. The van der Waals surface area contributed by atoms with Crippen LogP contribution in [0.25, 0.3) is 0 Å². The summed E-state index contributed by atoms with van der Waals surface area (Å²) < 4.78 is 0. The Morgan fingerprint density at radius 3 is 1.71 bits per heavy atom. The molecule has 17 heavy (non-hydrogen) atoms. The summed E-state index contributed by atoms with van der Waals surface area (Å²) in [6.07, 6.45) is -5.71. The molecule has 0 saturated carbocycles. The zero-order valence-electron chi connectivity index (χ0n) is 9.75. The van der Waals surface area contributed by atoms with Gasteiger partial charge in [0.25, 0.3) is 0 Å². The second kappa shape index (κ2) is 5.46. The highest BCUT2D eigenvalue weighted by atomic mass is 16.4. The Morgan fingerprint density at radius 1 is 1.06 bits per heavy atom. The fourth-order valence-corrected chi connectivity index (χ4v) is 1.28. The number of Topliss-reactive ketones (excluding diaryl/α,β-unsaturated/α-hetero) is 3. The summed E-state index contributed by atoms with van der Waals surface area (Å²) in [5, 5.41) is 37.7. The molecule has 0 amide bonds. The summed E-state index contributed by atoms with van der Waals surface area (Å²) in [5.74, 6) is -3.86. The lowest BCUT2D eigenvalue weighted by Crippen LogP contribution is -2.62. The average molecular weight is 248 g/mol. The largest absolute Gasteiger partial charge is 0.391 e. The lowest BCUT2D eigenvalue weighted by atomic mass is 9.82. The van der Waals surface area contributed by atoms with Gasteiger partial charge in [0.2, 0.25) is 11.4 Å². The van der Waals surface area contributed by atoms with Crippen LogP contribution < -0.4 is 0 Å². The average Bonchev–Trinajstić information content (AvgIpc) is 2.23. The Kier molecular flexibility index (Phi) is 5.09. The minimum Gasteiger partial charge on any atom is -0.391 e. The molecule has 0 aliphatic heterocycles. The first kappa shape index (κ1) is 15.9. The smallest absolute Gasteiger partial charge is 0.239 e. The summed E-state index contributed by atoms with van der Waals surface area (Å²) in [6.45, 7) is 2.70. The monoisotopic (exact) mass is 248 g/mol. The second-order valence-electron chi connectivity index (χ2n) is 3.88. The van der Waals surface area contributed by atoms with Gasteiger partial charge in [0.05, 0.1) is 6.10 Å². The van der Waals surface area contributed by atoms with E-state index in [1.54, 1.807) is 0 Å². The van der Waals surface area contributed by atoms with Gasteiger partial charge in [0, 0.05) is 6.92 Å². The molecule has 0 bridgehead atoms. The molecular weight excluding hydrogens is 232 g/mol. The summed E-state index contributed by atoms with van der Waals surface area (Å²) >= 11 is 0. The van der Waals surface area contributed by atoms with Gasteiger partial charge in [-0.2, -0.15) is 0 Å². The number of aliphatic hydroxyl groups excluding tert-OH is 3. The third-order valence-electron chi connectivity index (χ3n) is 2.45. The molecule has 0 aromatic carbocycles. The molecule has 0 unspecified atom stereocenters. The van der Waals surface area contributed by atoms with Gasteiger partial charge in [-0.15, -0.1) is 0 Å². The van der Waals surface area contributed by atoms with Crippen molar-refractivity contribution < 1.29 is 34.8 Å². The van der Waals surface area contributed by atoms with E-state index >= 15 is 0 Å². The van der Waals surface area contributed by atoms with Gasteiger partial charge in [-0.3, -0.25) is 14.4 Å². The first-order valence-electron chi connectivity index (χ1n) is 4.89. The molecule has 4 N–H and O–H groups in total. The molecule has 0 aliphatic carbocycles. The predicted molar refractivity (Wildman–Crippen MR) is 55.0 cm³/mol. The van der Waals surface area contributed by atoms with Gasteiger partial charge in [0.1, 0.15) is 12.2 Å². The molecule has 0 heterocycles. The Balaban J connectivity index is 5.44. The number of hydrogen-bond donors (Lipinski definition) is 4. The van der Waals surface area contributed by atoms with E-state index in [0.717, 1.165) is 20.8 Å². The Bertz CT molecular complexity index is 336. The van der Waals surface area contributed by atoms with E-state index in [2.05, 4.69) is 0 Å². The molecule has 0 aromatic heterocycles. The van der Waals surface area contributed by atoms with Crippen LogP contribution in [0.2, 0.25) is 0 Å². The fraction of sp³-hybridized carbons (Fsp3) is 0.700. The Morgan fingerprint density at radius 2 is 1.47 bits per heavy atom. The van der Waals surface area contributed by atoms with Crippen molar-refractivity contribution in [2.75, 3.05) is 0 Å². The van der Waals surface area contributed by atoms with Crippen LogP contribution in [0.4, 0.5) is 0 Å². The maximum Gasteiger partial charge on any atom is 0.239 e. The first-order chi connectivity index (χ1) is 7.56. The molecule has 0 aliphatic rings. The van der Waals surface area contributed by atoms with Crippen molar-refractivity contribution in [3.05, 3.63) is 0 Å². The normalized spacial score (nSPS) is 19.9. The molecule has 7 nitrogen and oxygen atoms in total. The fourth-order valence-electron chi connectivity index (χ4n) is 1.28. The highest BCUT2D eigenvalue weighted by Gasteiger charge is 2.52. The van der Waals surface area contributed by atoms with Gasteiger partial charge < -0.3 is 20.4 Å². The van der Waals surface area contributed by atoms with Crippen molar-refractivity contribution in [1.82, 2.24) is 0 Å². The van der Waals surface area contributed by atoms with Crippen LogP contribution in [-0.2, 0) is 14.4 Å². The van der Waals surface area contributed by atoms with Gasteiger partial charge in [-0.05, 0) is 13.8 Å². The van der Waals surface area contributed by atoms with Crippen molar-refractivity contribution in [2.45, 2.75) is 44.7 Å². The van der Waals surface area contributed by atoms with E-state index in [4.69, 9.17) is 5.11 Å². The number of carbonyl (C=O) groups is 3. The van der Waals surface area contributed by atoms with E-state index in [-0.39, 0.29) is 0 Å². The van der Waals surface area contributed by atoms with Crippen molar-refractivity contribution in [1.29, 1.82) is 0 Å². The molecule has 4 atom stereocenters. The zero-order valence-corrected chi connectivity index (χ0v) is 9.75. The molecule has 0 saturated heterocycles. The number of rotatable bonds is 6. The zero-order chi connectivity index (χ0) is 14.0. The number of aliphatic hydroxyl groups is 4. The lowest BCUT2D eigenvalue weighted by Gasteiger charge is -2.32. The second-order valence-corrected chi connectivity index (χ2v) is 3.88. The lowest BCUT2D eigenvalue weighted by molar-refractivity contribution is -0.179. The van der Waals surface area contributed by atoms with Crippen LogP contribution in [-0.4, -0.2) is 61.7 Å². The van der Waals surface area contributed by atoms with Crippen molar-refractivity contribution >= 4 is 17.3 Å².